The van der Waals surface area contributed by atoms with Gasteiger partial charge in [0.25, 0.3) is 5.78 Å². The lowest BCUT2D eigenvalue weighted by Gasteiger charge is -2.09. The molecule has 4 nitrogen and oxygen atoms in total. The van der Waals surface area contributed by atoms with E-state index in [1.165, 1.54) is 7.11 Å². The minimum absolute atomic E-state index is 0.127. The lowest BCUT2D eigenvalue weighted by molar-refractivity contribution is -0.131. The van der Waals surface area contributed by atoms with Crippen molar-refractivity contribution in [3.05, 3.63) is 27.7 Å². The van der Waals surface area contributed by atoms with Gasteiger partial charge in [-0.1, -0.05) is 6.07 Å². The number of carbonyl (C=O) groups is 2. The molecule has 0 aliphatic rings. The van der Waals surface area contributed by atoms with E-state index in [-0.39, 0.29) is 5.56 Å². The smallest absolute Gasteiger partial charge is 0.377 e. The van der Waals surface area contributed by atoms with E-state index in [4.69, 9.17) is 9.84 Å². The molecule has 0 amide bonds. The van der Waals surface area contributed by atoms with Gasteiger partial charge in [0.05, 0.1) is 17.1 Å². The van der Waals surface area contributed by atoms with Crippen molar-refractivity contribution in [2.75, 3.05) is 7.11 Å². The normalized spacial score (nSPS) is 9.80. The highest BCUT2D eigenvalue weighted by Crippen LogP contribution is 2.31. The number of benzene rings is 1. The monoisotopic (exact) mass is 272 g/mol. The largest absolute Gasteiger partial charge is 0.496 e. The van der Waals surface area contributed by atoms with Gasteiger partial charge in [0.2, 0.25) is 0 Å². The van der Waals surface area contributed by atoms with Crippen LogP contribution in [0.3, 0.4) is 0 Å². The van der Waals surface area contributed by atoms with Gasteiger partial charge in [-0.2, -0.15) is 0 Å². The molecule has 0 unspecified atom stereocenters. The first-order chi connectivity index (χ1) is 6.99. The van der Waals surface area contributed by atoms with Crippen molar-refractivity contribution in [3.8, 4) is 5.75 Å². The van der Waals surface area contributed by atoms with Crippen LogP contribution in [0.5, 0.6) is 5.75 Å². The molecule has 80 valence electrons. The number of hydrogen-bond donors (Lipinski definition) is 1. The summed E-state index contributed by atoms with van der Waals surface area (Å²) in [5.41, 5.74) is 0.719. The fourth-order valence-corrected chi connectivity index (χ4v) is 1.98. The van der Waals surface area contributed by atoms with Crippen LogP contribution in [0.4, 0.5) is 0 Å². The molecule has 0 bridgehead atoms. The van der Waals surface area contributed by atoms with E-state index in [2.05, 4.69) is 15.9 Å². The summed E-state index contributed by atoms with van der Waals surface area (Å²) in [7, 11) is 1.45. The van der Waals surface area contributed by atoms with Crippen LogP contribution in [0, 0.1) is 6.92 Å². The quantitative estimate of drug-likeness (QED) is 0.676. The minimum Gasteiger partial charge on any atom is -0.496 e. The summed E-state index contributed by atoms with van der Waals surface area (Å²) >= 11 is 3.15. The van der Waals surface area contributed by atoms with Gasteiger partial charge in [0, 0.05) is 0 Å². The van der Waals surface area contributed by atoms with Crippen molar-refractivity contribution in [1.29, 1.82) is 0 Å². The molecule has 0 spiro atoms. The second-order valence-electron chi connectivity index (χ2n) is 2.91. The number of methoxy groups -OCH3 is 1. The molecule has 0 atom stereocenters. The maximum absolute atomic E-state index is 11.4. The average molecular weight is 273 g/mol. The Balaban J connectivity index is 3.39. The van der Waals surface area contributed by atoms with Gasteiger partial charge in [0.1, 0.15) is 5.75 Å². The molecule has 0 saturated heterocycles. The van der Waals surface area contributed by atoms with E-state index in [9.17, 15) is 9.59 Å². The number of ether oxygens (including phenoxy) is 1. The van der Waals surface area contributed by atoms with Crippen LogP contribution >= 0.6 is 15.9 Å². The fraction of sp³-hybridized carbons (Fsp3) is 0.200. The lowest BCUT2D eigenvalue weighted by Crippen LogP contribution is -2.15. The second-order valence-corrected chi connectivity index (χ2v) is 3.70. The summed E-state index contributed by atoms with van der Waals surface area (Å²) in [6, 6.07) is 3.30. The van der Waals surface area contributed by atoms with E-state index in [0.29, 0.717) is 15.8 Å². The molecular weight excluding hydrogens is 264 g/mol. The van der Waals surface area contributed by atoms with Crippen LogP contribution in [0.25, 0.3) is 0 Å². The summed E-state index contributed by atoms with van der Waals surface area (Å²) in [5, 5.41) is 8.64. The van der Waals surface area contributed by atoms with Crippen molar-refractivity contribution >= 4 is 27.7 Å². The summed E-state index contributed by atoms with van der Waals surface area (Å²) in [5.74, 6) is -1.99. The predicted molar refractivity (Wildman–Crippen MR) is 57.4 cm³/mol. The van der Waals surface area contributed by atoms with Crippen molar-refractivity contribution in [2.45, 2.75) is 6.92 Å². The molecule has 0 aliphatic carbocycles. The SMILES string of the molecule is COc1ccc(C)c(C(=O)C(=O)O)c1Br. The first-order valence-electron chi connectivity index (χ1n) is 4.09. The zero-order valence-corrected chi connectivity index (χ0v) is 9.79. The Morgan fingerprint density at radius 3 is 2.47 bits per heavy atom. The third kappa shape index (κ3) is 2.18. The van der Waals surface area contributed by atoms with E-state index in [1.807, 2.05) is 0 Å². The number of aryl methyl sites for hydroxylation is 1. The molecule has 0 aliphatic heterocycles. The van der Waals surface area contributed by atoms with Crippen LogP contribution in [0.15, 0.2) is 16.6 Å². The van der Waals surface area contributed by atoms with Crippen molar-refractivity contribution < 1.29 is 19.4 Å². The number of hydrogen-bond acceptors (Lipinski definition) is 3. The second kappa shape index (κ2) is 4.44. The van der Waals surface area contributed by atoms with Gasteiger partial charge in [0.15, 0.2) is 0 Å². The molecule has 0 fully saturated rings. The number of carboxylic acid groups (broad SMARTS) is 1. The Morgan fingerprint density at radius 2 is 2.00 bits per heavy atom. The Hall–Kier alpha value is -1.36. The maximum Gasteiger partial charge on any atom is 0.377 e. The molecule has 0 aromatic heterocycles. The van der Waals surface area contributed by atoms with E-state index in [0.717, 1.165) is 0 Å². The molecule has 15 heavy (non-hydrogen) atoms. The van der Waals surface area contributed by atoms with E-state index in [1.54, 1.807) is 19.1 Å². The average Bonchev–Trinajstić information content (AvgIpc) is 2.17. The van der Waals surface area contributed by atoms with Gasteiger partial charge in [-0.3, -0.25) is 4.79 Å². The summed E-state index contributed by atoms with van der Waals surface area (Å²) in [6.07, 6.45) is 0. The van der Waals surface area contributed by atoms with Gasteiger partial charge < -0.3 is 9.84 Å². The van der Waals surface area contributed by atoms with Crippen molar-refractivity contribution in [2.24, 2.45) is 0 Å². The number of aliphatic carboxylic acids is 1. The molecule has 1 aromatic rings. The van der Waals surface area contributed by atoms with Crippen LogP contribution < -0.4 is 4.74 Å². The number of carbonyl (C=O) groups excluding carboxylic acids is 1. The highest BCUT2D eigenvalue weighted by molar-refractivity contribution is 9.10. The van der Waals surface area contributed by atoms with E-state index >= 15 is 0 Å². The van der Waals surface area contributed by atoms with E-state index < -0.39 is 11.8 Å². The Bertz CT molecular complexity index is 426. The van der Waals surface area contributed by atoms with Crippen LogP contribution in [-0.2, 0) is 4.79 Å². The van der Waals surface area contributed by atoms with Crippen LogP contribution in [-0.4, -0.2) is 24.0 Å². The Kier molecular flexibility index (Phi) is 3.47. The first-order valence-corrected chi connectivity index (χ1v) is 4.89. The number of Topliss-reactive ketones (excluding diaryl/α,β-unsaturated/α-hetero) is 1. The molecule has 5 heteroatoms. The highest BCUT2D eigenvalue weighted by Gasteiger charge is 2.22. The molecule has 0 heterocycles. The van der Waals surface area contributed by atoms with Crippen LogP contribution in [0.1, 0.15) is 15.9 Å². The fourth-order valence-electron chi connectivity index (χ4n) is 1.20. The summed E-state index contributed by atoms with van der Waals surface area (Å²) in [6.45, 7) is 1.67. The van der Waals surface area contributed by atoms with Crippen LogP contribution in [0.2, 0.25) is 0 Å². The van der Waals surface area contributed by atoms with Crippen molar-refractivity contribution in [3.63, 3.8) is 0 Å². The highest BCUT2D eigenvalue weighted by atomic mass is 79.9. The Labute approximate surface area is 95.0 Å². The molecule has 0 radical (unpaired) electrons. The summed E-state index contributed by atoms with van der Waals surface area (Å²) < 4.78 is 5.35. The third-order valence-corrected chi connectivity index (χ3v) is 2.74. The van der Waals surface area contributed by atoms with Crippen molar-refractivity contribution in [1.82, 2.24) is 0 Å². The van der Waals surface area contributed by atoms with Gasteiger partial charge in [-0.05, 0) is 34.5 Å². The molecule has 1 rings (SSSR count). The molecule has 1 aromatic carbocycles. The zero-order valence-electron chi connectivity index (χ0n) is 8.20. The standard InChI is InChI=1S/C10H9BrO4/c1-5-3-4-6(15-2)8(11)7(5)9(12)10(13)14/h3-4H,1-2H3,(H,13,14). The number of halogens is 1. The van der Waals surface area contributed by atoms with Gasteiger partial charge in [-0.15, -0.1) is 0 Å². The molecular formula is C10H9BrO4. The Morgan fingerprint density at radius 1 is 1.40 bits per heavy atom. The molecule has 0 saturated carbocycles. The maximum atomic E-state index is 11.4. The number of rotatable bonds is 3. The predicted octanol–water partition coefficient (Wildman–Crippen LogP) is 2.03. The lowest BCUT2D eigenvalue weighted by atomic mass is 10.0. The first kappa shape index (κ1) is 11.7. The molecule has 1 N–H and O–H groups in total. The third-order valence-electron chi connectivity index (χ3n) is 1.96. The topological polar surface area (TPSA) is 63.6 Å². The van der Waals surface area contributed by atoms with Gasteiger partial charge >= 0.3 is 5.97 Å². The zero-order chi connectivity index (χ0) is 11.6. The summed E-state index contributed by atoms with van der Waals surface area (Å²) in [4.78, 5) is 22.0. The minimum atomic E-state index is -1.48. The van der Waals surface area contributed by atoms with Gasteiger partial charge in [-0.25, -0.2) is 4.79 Å². The number of ketones is 1. The number of carboxylic acids is 1.